The minimum absolute atomic E-state index is 1.08. The molecule has 0 spiro atoms. The molecule has 0 aromatic carbocycles. The number of hydrogen-bond acceptors (Lipinski definition) is 1. The van der Waals surface area contributed by atoms with Crippen LogP contribution in [0.3, 0.4) is 0 Å². The normalized spacial score (nSPS) is 12.5. The molecule has 0 radical (unpaired) electrons. The molecule has 0 aromatic heterocycles. The molecule has 0 saturated heterocycles. The third-order valence-corrected chi connectivity index (χ3v) is 2.60. The first-order chi connectivity index (χ1) is 5.95. The average molecular weight is 252 g/mol. The molecule has 2 nitrogen and oxygen atoms in total. The number of halogens is 1. The quantitative estimate of drug-likeness (QED) is 0.493. The van der Waals surface area contributed by atoms with Crippen LogP contribution in [-0.4, -0.2) is 62.5 Å². The van der Waals surface area contributed by atoms with Crippen molar-refractivity contribution in [1.82, 2.24) is 4.90 Å². The van der Waals surface area contributed by atoms with Gasteiger partial charge in [-0.3, -0.25) is 0 Å². The van der Waals surface area contributed by atoms with Crippen molar-refractivity contribution in [1.29, 1.82) is 0 Å². The summed E-state index contributed by atoms with van der Waals surface area (Å²) >= 11 is 3.45. The van der Waals surface area contributed by atoms with Gasteiger partial charge in [0.1, 0.15) is 0 Å². The molecule has 0 rings (SSSR count). The Kier molecular flexibility index (Phi) is 7.00. The van der Waals surface area contributed by atoms with Crippen molar-refractivity contribution in [3.63, 3.8) is 0 Å². The van der Waals surface area contributed by atoms with Crippen LogP contribution in [0.2, 0.25) is 0 Å². The van der Waals surface area contributed by atoms with Crippen LogP contribution in [0.15, 0.2) is 0 Å². The van der Waals surface area contributed by atoms with E-state index in [2.05, 4.69) is 49.0 Å². The van der Waals surface area contributed by atoms with E-state index in [1.807, 2.05) is 0 Å². The monoisotopic (exact) mass is 251 g/mol. The Morgan fingerprint density at radius 2 is 1.62 bits per heavy atom. The van der Waals surface area contributed by atoms with Crippen LogP contribution in [0, 0.1) is 0 Å². The van der Waals surface area contributed by atoms with Crippen molar-refractivity contribution < 1.29 is 4.48 Å². The van der Waals surface area contributed by atoms with Gasteiger partial charge in [-0.1, -0.05) is 15.9 Å². The Hall–Kier alpha value is 0.400. The van der Waals surface area contributed by atoms with E-state index in [-0.39, 0.29) is 0 Å². The summed E-state index contributed by atoms with van der Waals surface area (Å²) in [5.41, 5.74) is 0. The van der Waals surface area contributed by atoms with Gasteiger partial charge in [-0.15, -0.1) is 0 Å². The molecular formula is C10H24BrN2+. The second-order valence-corrected chi connectivity index (χ2v) is 5.51. The Balaban J connectivity index is 3.31. The zero-order valence-corrected chi connectivity index (χ0v) is 11.1. The lowest BCUT2D eigenvalue weighted by Crippen LogP contribution is -2.37. The molecule has 0 N–H and O–H groups in total. The van der Waals surface area contributed by atoms with Crippen LogP contribution in [0.25, 0.3) is 0 Å². The summed E-state index contributed by atoms with van der Waals surface area (Å²) in [6.45, 7) is 3.70. The third-order valence-electron chi connectivity index (χ3n) is 2.04. The van der Waals surface area contributed by atoms with Crippen molar-refractivity contribution in [3.8, 4) is 0 Å². The van der Waals surface area contributed by atoms with Crippen LogP contribution in [0.4, 0.5) is 0 Å². The summed E-state index contributed by atoms with van der Waals surface area (Å²) in [7, 11) is 8.95. The summed E-state index contributed by atoms with van der Waals surface area (Å²) in [5, 5.41) is 1.12. The highest BCUT2D eigenvalue weighted by molar-refractivity contribution is 9.09. The van der Waals surface area contributed by atoms with Gasteiger partial charge in [-0.25, -0.2) is 0 Å². The first kappa shape index (κ1) is 13.4. The molecule has 0 aliphatic heterocycles. The molecule has 0 amide bonds. The molecule has 3 heteroatoms. The zero-order chi connectivity index (χ0) is 10.3. The number of alkyl halides is 1. The molecule has 0 aromatic rings. The smallest absolute Gasteiger partial charge is 0.0792 e. The fourth-order valence-corrected chi connectivity index (χ4v) is 1.51. The molecule has 0 saturated carbocycles. The molecule has 0 heterocycles. The summed E-state index contributed by atoms with van der Waals surface area (Å²) < 4.78 is 1.08. The number of rotatable bonds is 7. The lowest BCUT2D eigenvalue weighted by molar-refractivity contribution is -0.870. The minimum Gasteiger partial charge on any atom is -0.331 e. The van der Waals surface area contributed by atoms with Crippen LogP contribution in [0.1, 0.15) is 12.8 Å². The summed E-state index contributed by atoms with van der Waals surface area (Å²) in [6, 6.07) is 0. The van der Waals surface area contributed by atoms with Gasteiger partial charge in [-0.05, 0) is 20.0 Å². The SMILES string of the molecule is CN(CCCBr)CCC[N+](C)(C)C. The van der Waals surface area contributed by atoms with E-state index in [1.165, 1.54) is 32.5 Å². The van der Waals surface area contributed by atoms with Gasteiger partial charge in [0, 0.05) is 18.3 Å². The highest BCUT2D eigenvalue weighted by atomic mass is 79.9. The fraction of sp³-hybridized carbons (Fsp3) is 1.00. The Morgan fingerprint density at radius 3 is 2.08 bits per heavy atom. The van der Waals surface area contributed by atoms with E-state index < -0.39 is 0 Å². The first-order valence-corrected chi connectivity index (χ1v) is 6.13. The van der Waals surface area contributed by atoms with Crippen LogP contribution < -0.4 is 0 Å². The summed E-state index contributed by atoms with van der Waals surface area (Å²) in [5.74, 6) is 0. The standard InChI is InChI=1S/C10H24BrN2/c1-12(8-5-7-11)9-6-10-13(2,3)4/h5-10H2,1-4H3/q+1. The maximum absolute atomic E-state index is 3.45. The zero-order valence-electron chi connectivity index (χ0n) is 9.52. The van der Waals surface area contributed by atoms with Crippen molar-refractivity contribution >= 4 is 15.9 Å². The maximum Gasteiger partial charge on any atom is 0.0792 e. The van der Waals surface area contributed by atoms with Crippen molar-refractivity contribution in [2.75, 3.05) is 53.2 Å². The largest absolute Gasteiger partial charge is 0.331 e. The van der Waals surface area contributed by atoms with Gasteiger partial charge in [0.05, 0.1) is 27.7 Å². The topological polar surface area (TPSA) is 3.24 Å². The van der Waals surface area contributed by atoms with Gasteiger partial charge in [0.2, 0.25) is 0 Å². The number of nitrogens with zero attached hydrogens (tertiary/aromatic N) is 2. The minimum atomic E-state index is 1.08. The predicted molar refractivity (Wildman–Crippen MR) is 63.4 cm³/mol. The Labute approximate surface area is 91.6 Å². The Morgan fingerprint density at radius 1 is 1.08 bits per heavy atom. The lowest BCUT2D eigenvalue weighted by atomic mass is 10.3. The molecule has 0 atom stereocenters. The molecule has 13 heavy (non-hydrogen) atoms. The molecule has 0 aliphatic carbocycles. The lowest BCUT2D eigenvalue weighted by Gasteiger charge is -2.25. The van der Waals surface area contributed by atoms with Gasteiger partial charge in [0.25, 0.3) is 0 Å². The molecule has 80 valence electrons. The predicted octanol–water partition coefficient (Wildman–Crippen LogP) is 1.80. The van der Waals surface area contributed by atoms with Crippen molar-refractivity contribution in [2.24, 2.45) is 0 Å². The van der Waals surface area contributed by atoms with E-state index in [9.17, 15) is 0 Å². The maximum atomic E-state index is 3.45. The third kappa shape index (κ3) is 10.3. The fourth-order valence-electron chi connectivity index (χ4n) is 1.26. The number of hydrogen-bond donors (Lipinski definition) is 0. The Bertz CT molecular complexity index is 121. The second kappa shape index (κ2) is 6.80. The second-order valence-electron chi connectivity index (χ2n) is 4.71. The molecule has 0 fully saturated rings. The van der Waals surface area contributed by atoms with Crippen molar-refractivity contribution in [3.05, 3.63) is 0 Å². The van der Waals surface area contributed by atoms with Crippen molar-refractivity contribution in [2.45, 2.75) is 12.8 Å². The highest BCUT2D eigenvalue weighted by Crippen LogP contribution is 1.97. The average Bonchev–Trinajstić information content (AvgIpc) is 1.98. The van der Waals surface area contributed by atoms with E-state index in [0.29, 0.717) is 0 Å². The van der Waals surface area contributed by atoms with Gasteiger partial charge < -0.3 is 9.38 Å². The number of quaternary nitrogens is 1. The van der Waals surface area contributed by atoms with E-state index in [1.54, 1.807) is 0 Å². The molecule has 0 bridgehead atoms. The molecule has 0 aliphatic rings. The first-order valence-electron chi connectivity index (χ1n) is 5.00. The molecular weight excluding hydrogens is 228 g/mol. The van der Waals surface area contributed by atoms with E-state index >= 15 is 0 Å². The van der Waals surface area contributed by atoms with E-state index in [4.69, 9.17) is 0 Å². The summed E-state index contributed by atoms with van der Waals surface area (Å²) in [6.07, 6.45) is 2.54. The van der Waals surface area contributed by atoms with Gasteiger partial charge in [0.15, 0.2) is 0 Å². The summed E-state index contributed by atoms with van der Waals surface area (Å²) in [4.78, 5) is 2.41. The van der Waals surface area contributed by atoms with Gasteiger partial charge in [-0.2, -0.15) is 0 Å². The van der Waals surface area contributed by atoms with Crippen LogP contribution in [0.5, 0.6) is 0 Å². The van der Waals surface area contributed by atoms with Crippen LogP contribution >= 0.6 is 15.9 Å². The molecule has 0 unspecified atom stereocenters. The highest BCUT2D eigenvalue weighted by Gasteiger charge is 2.06. The van der Waals surface area contributed by atoms with Gasteiger partial charge >= 0.3 is 0 Å². The van der Waals surface area contributed by atoms with Crippen LogP contribution in [-0.2, 0) is 0 Å². The van der Waals surface area contributed by atoms with E-state index in [0.717, 1.165) is 9.81 Å².